The molecule has 0 aliphatic carbocycles. The van der Waals surface area contributed by atoms with Crippen molar-refractivity contribution in [2.75, 3.05) is 59.0 Å². The Kier molecular flexibility index (Phi) is 36.3. The number of hydrogen-bond acceptors (Lipinski definition) is 11. The van der Waals surface area contributed by atoms with Crippen LogP contribution in [0.25, 0.3) is 0 Å². The molecule has 70 heavy (non-hydrogen) atoms. The van der Waals surface area contributed by atoms with Crippen LogP contribution in [0.15, 0.2) is 58.8 Å². The zero-order valence-electron chi connectivity index (χ0n) is 43.7. The third-order valence-electron chi connectivity index (χ3n) is 12.8. The van der Waals surface area contributed by atoms with Crippen LogP contribution in [0.3, 0.4) is 0 Å². The van der Waals surface area contributed by atoms with Crippen molar-refractivity contribution >= 4 is 35.0 Å². The van der Waals surface area contributed by atoms with Crippen LogP contribution in [-0.4, -0.2) is 104 Å². The molecule has 15 heteroatoms. The maximum Gasteiger partial charge on any atom is 0.260 e. The molecule has 4 amide bonds. The van der Waals surface area contributed by atoms with Gasteiger partial charge in [-0.1, -0.05) is 142 Å². The number of carbonyl (C=O) groups excluding carboxylic acids is 4. The zero-order valence-corrected chi connectivity index (χ0v) is 43.7. The fraction of sp³-hybridized carbons (Fsp3) is 0.709. The van der Waals surface area contributed by atoms with E-state index < -0.39 is 12.1 Å². The molecule has 396 valence electrons. The number of unbranched alkanes of at least 4 members (excludes halogenated alkanes) is 20. The summed E-state index contributed by atoms with van der Waals surface area (Å²) in [6.45, 7) is 7.92. The van der Waals surface area contributed by atoms with Crippen molar-refractivity contribution in [1.82, 2.24) is 20.4 Å². The van der Waals surface area contributed by atoms with Crippen LogP contribution in [0.5, 0.6) is 5.75 Å². The topological polar surface area (TPSA) is 237 Å². The highest BCUT2D eigenvalue weighted by atomic mass is 16.5. The summed E-state index contributed by atoms with van der Waals surface area (Å²) in [5.74, 6) is -0.240. The van der Waals surface area contributed by atoms with E-state index >= 15 is 0 Å². The highest BCUT2D eigenvalue weighted by Crippen LogP contribution is 2.23. The van der Waals surface area contributed by atoms with Gasteiger partial charge in [0.2, 0.25) is 11.8 Å². The number of benzene rings is 2. The van der Waals surface area contributed by atoms with Crippen molar-refractivity contribution in [3.63, 3.8) is 0 Å². The van der Waals surface area contributed by atoms with E-state index in [2.05, 4.69) is 34.7 Å². The van der Waals surface area contributed by atoms with E-state index in [4.69, 9.17) is 27.7 Å². The Hall–Kier alpha value is -4.44. The lowest BCUT2D eigenvalue weighted by Crippen LogP contribution is -2.47. The first-order chi connectivity index (χ1) is 34.1. The van der Waals surface area contributed by atoms with E-state index in [1.54, 1.807) is 53.4 Å². The Morgan fingerprint density at radius 1 is 0.500 bits per heavy atom. The van der Waals surface area contributed by atoms with Gasteiger partial charge in [0, 0.05) is 44.8 Å². The Labute approximate surface area is 422 Å². The van der Waals surface area contributed by atoms with Crippen molar-refractivity contribution in [2.24, 2.45) is 33.2 Å². The lowest BCUT2D eigenvalue weighted by Gasteiger charge is -2.24. The molecule has 0 fully saturated rings. The predicted molar refractivity (Wildman–Crippen MR) is 287 cm³/mol. The summed E-state index contributed by atoms with van der Waals surface area (Å²) in [6.07, 6.45) is 29.4. The van der Waals surface area contributed by atoms with Crippen molar-refractivity contribution in [1.29, 1.82) is 0 Å². The van der Waals surface area contributed by atoms with Gasteiger partial charge >= 0.3 is 0 Å². The lowest BCUT2D eigenvalue weighted by atomic mass is 10.1. The number of nitrogens with zero attached hydrogens (tertiary/aromatic N) is 4. The van der Waals surface area contributed by atoms with Crippen molar-refractivity contribution < 1.29 is 23.9 Å². The van der Waals surface area contributed by atoms with Gasteiger partial charge in [-0.15, -0.1) is 0 Å². The molecule has 15 nitrogen and oxygen atoms in total. The predicted octanol–water partition coefficient (Wildman–Crippen LogP) is 9.74. The molecule has 2 rings (SSSR count). The number of amides is 4. The van der Waals surface area contributed by atoms with E-state index in [0.717, 1.165) is 64.5 Å². The molecule has 0 aliphatic rings. The standard InChI is InChI=1S/C55H96N10O5/c1-3-5-7-9-11-13-15-17-19-25-41-64(42-26-20-18-16-14-12-10-8-6-4-2)52(66)45-70-49-35-33-48(34-36-49)63-62-47-31-29-46(30-32-47)55(69)65(43-39-60-53(67)50(58)27-21-23-37-56)44-40-61-54(68)51(59)28-22-24-38-57/h29-36,50-51H,3-28,37-45,56-59H2,1-2H3,(H,60,67)(H,61,68). The number of carbonyl (C=O) groups is 4. The van der Waals surface area contributed by atoms with Gasteiger partial charge in [-0.25, -0.2) is 0 Å². The largest absolute Gasteiger partial charge is 0.484 e. The first-order valence-electron chi connectivity index (χ1n) is 27.4. The van der Waals surface area contributed by atoms with Gasteiger partial charge in [0.1, 0.15) is 5.75 Å². The van der Waals surface area contributed by atoms with Crippen LogP contribution in [0.4, 0.5) is 11.4 Å². The van der Waals surface area contributed by atoms with Crippen LogP contribution in [-0.2, 0) is 14.4 Å². The van der Waals surface area contributed by atoms with Crippen LogP contribution in [0, 0.1) is 0 Å². The normalized spacial score (nSPS) is 12.2. The summed E-state index contributed by atoms with van der Waals surface area (Å²) in [7, 11) is 0. The summed E-state index contributed by atoms with van der Waals surface area (Å²) in [5.41, 5.74) is 24.8. The van der Waals surface area contributed by atoms with Gasteiger partial charge in [0.05, 0.1) is 23.5 Å². The van der Waals surface area contributed by atoms with Gasteiger partial charge in [-0.3, -0.25) is 19.2 Å². The van der Waals surface area contributed by atoms with Gasteiger partial charge < -0.3 is 48.1 Å². The average molecular weight is 977 g/mol. The number of azo groups is 1. The summed E-state index contributed by atoms with van der Waals surface area (Å²) in [4.78, 5) is 56.1. The summed E-state index contributed by atoms with van der Waals surface area (Å²) in [6, 6.07) is 12.6. The van der Waals surface area contributed by atoms with E-state index in [9.17, 15) is 19.2 Å². The third kappa shape index (κ3) is 29.7. The maximum atomic E-state index is 13.8. The van der Waals surface area contributed by atoms with Crippen LogP contribution in [0.1, 0.15) is 191 Å². The molecular formula is C55H96N10O5. The van der Waals surface area contributed by atoms with E-state index in [-0.39, 0.29) is 56.4 Å². The molecule has 0 aromatic heterocycles. The average Bonchev–Trinajstić information content (AvgIpc) is 3.37. The molecular weight excluding hydrogens is 881 g/mol. The fourth-order valence-corrected chi connectivity index (χ4v) is 8.24. The second kappa shape index (κ2) is 41.2. The third-order valence-corrected chi connectivity index (χ3v) is 12.8. The van der Waals surface area contributed by atoms with Crippen LogP contribution >= 0.6 is 0 Å². The first kappa shape index (κ1) is 61.7. The molecule has 2 unspecified atom stereocenters. The van der Waals surface area contributed by atoms with Crippen molar-refractivity contribution in [3.8, 4) is 5.75 Å². The number of nitrogens with two attached hydrogens (primary N) is 4. The Balaban J connectivity index is 1.96. The molecule has 2 aromatic carbocycles. The Bertz CT molecular complexity index is 1620. The van der Waals surface area contributed by atoms with E-state index in [1.165, 1.54) is 103 Å². The zero-order chi connectivity index (χ0) is 50.9. The quantitative estimate of drug-likeness (QED) is 0.0273. The number of nitrogens with one attached hydrogen (secondary N) is 2. The molecule has 0 radical (unpaired) electrons. The van der Waals surface area contributed by atoms with Crippen LogP contribution in [0.2, 0.25) is 0 Å². The fourth-order valence-electron chi connectivity index (χ4n) is 8.24. The highest BCUT2D eigenvalue weighted by molar-refractivity contribution is 5.94. The van der Waals surface area contributed by atoms with Gasteiger partial charge in [0.15, 0.2) is 6.61 Å². The van der Waals surface area contributed by atoms with E-state index in [1.807, 2.05) is 4.90 Å². The second-order valence-corrected chi connectivity index (χ2v) is 18.9. The monoisotopic (exact) mass is 977 g/mol. The molecule has 0 bridgehead atoms. The minimum Gasteiger partial charge on any atom is -0.484 e. The second-order valence-electron chi connectivity index (χ2n) is 18.9. The SMILES string of the molecule is CCCCCCCCCCCCN(CCCCCCCCCCCC)C(=O)COc1ccc(N=Nc2ccc(C(=O)N(CCNC(=O)C(N)CCCCN)CCNC(=O)C(N)CCCCN)cc2)cc1. The minimum absolute atomic E-state index is 0.00423. The summed E-state index contributed by atoms with van der Waals surface area (Å²) in [5, 5.41) is 14.4. The molecule has 0 aliphatic heterocycles. The van der Waals surface area contributed by atoms with Gasteiger partial charge in [0.25, 0.3) is 11.8 Å². The van der Waals surface area contributed by atoms with Gasteiger partial charge in [-0.05, 0) is 100 Å². The first-order valence-corrected chi connectivity index (χ1v) is 27.4. The number of ether oxygens (including phenoxy) is 1. The molecule has 0 saturated carbocycles. The Morgan fingerprint density at radius 3 is 1.29 bits per heavy atom. The molecule has 0 spiro atoms. The van der Waals surface area contributed by atoms with E-state index in [0.29, 0.717) is 48.6 Å². The number of hydrogen-bond donors (Lipinski definition) is 6. The maximum absolute atomic E-state index is 13.8. The molecule has 0 heterocycles. The Morgan fingerprint density at radius 2 is 0.886 bits per heavy atom. The molecule has 0 saturated heterocycles. The summed E-state index contributed by atoms with van der Waals surface area (Å²) < 4.78 is 5.99. The number of rotatable bonds is 44. The molecule has 2 aromatic rings. The van der Waals surface area contributed by atoms with Crippen molar-refractivity contribution in [2.45, 2.75) is 193 Å². The van der Waals surface area contributed by atoms with Crippen molar-refractivity contribution in [3.05, 3.63) is 54.1 Å². The highest BCUT2D eigenvalue weighted by Gasteiger charge is 2.20. The van der Waals surface area contributed by atoms with Crippen LogP contribution < -0.4 is 38.3 Å². The smallest absolute Gasteiger partial charge is 0.260 e. The molecule has 10 N–H and O–H groups in total. The molecule has 2 atom stereocenters. The minimum atomic E-state index is -0.663. The lowest BCUT2D eigenvalue weighted by molar-refractivity contribution is -0.133. The summed E-state index contributed by atoms with van der Waals surface area (Å²) >= 11 is 0. The van der Waals surface area contributed by atoms with Gasteiger partial charge in [-0.2, -0.15) is 10.2 Å².